The molecule has 7 nitrogen and oxygen atoms in total. The number of esters is 1. The number of benzene rings is 1. The standard InChI is InChI=1S/C18H24N2O5/c1-2-25-17(21)5-3-4-14-10-12-19(13-11-14)18(22)15-6-8-16(9-7-15)20(23)24/h6-9,14H,2-5,10-13H2,1H3. The molecular weight excluding hydrogens is 324 g/mol. The number of rotatable bonds is 7. The first-order valence-corrected chi connectivity index (χ1v) is 8.70. The van der Waals surface area contributed by atoms with Gasteiger partial charge in [-0.25, -0.2) is 0 Å². The molecule has 1 aromatic rings. The number of ether oxygens (including phenoxy) is 1. The molecule has 0 aromatic heterocycles. The minimum atomic E-state index is -0.476. The Kier molecular flexibility index (Phi) is 6.91. The molecule has 1 saturated heterocycles. The Morgan fingerprint density at radius 3 is 2.44 bits per heavy atom. The fourth-order valence-corrected chi connectivity index (χ4v) is 3.10. The molecule has 0 atom stereocenters. The van der Waals surface area contributed by atoms with E-state index in [-0.39, 0.29) is 17.6 Å². The predicted octanol–water partition coefficient (Wildman–Crippen LogP) is 3.18. The number of nitro groups is 1. The Morgan fingerprint density at radius 2 is 1.88 bits per heavy atom. The number of amides is 1. The van der Waals surface area contributed by atoms with Gasteiger partial charge in [-0.05, 0) is 50.7 Å². The highest BCUT2D eigenvalue weighted by Gasteiger charge is 2.24. The SMILES string of the molecule is CCOC(=O)CCCC1CCN(C(=O)c2ccc([N+](=O)[O-])cc2)CC1. The molecule has 0 saturated carbocycles. The van der Waals surface area contributed by atoms with E-state index in [0.717, 1.165) is 25.7 Å². The van der Waals surface area contributed by atoms with E-state index in [1.807, 2.05) is 0 Å². The average molecular weight is 348 g/mol. The summed E-state index contributed by atoms with van der Waals surface area (Å²) in [5.74, 6) is 0.295. The monoisotopic (exact) mass is 348 g/mol. The first kappa shape index (κ1) is 18.9. The molecule has 7 heteroatoms. The maximum atomic E-state index is 12.5. The van der Waals surface area contributed by atoms with Crippen LogP contribution in [0.2, 0.25) is 0 Å². The molecule has 0 radical (unpaired) electrons. The van der Waals surface area contributed by atoms with Crippen LogP contribution in [0.5, 0.6) is 0 Å². The summed E-state index contributed by atoms with van der Waals surface area (Å²) in [6, 6.07) is 5.72. The van der Waals surface area contributed by atoms with Crippen LogP contribution < -0.4 is 0 Å². The number of hydrogen-bond donors (Lipinski definition) is 0. The van der Waals surface area contributed by atoms with Gasteiger partial charge in [0.15, 0.2) is 0 Å². The largest absolute Gasteiger partial charge is 0.466 e. The van der Waals surface area contributed by atoms with Crippen LogP contribution in [-0.4, -0.2) is 41.4 Å². The number of hydrogen-bond acceptors (Lipinski definition) is 5. The number of piperidine rings is 1. The molecule has 2 rings (SSSR count). The van der Waals surface area contributed by atoms with Crippen molar-refractivity contribution in [2.75, 3.05) is 19.7 Å². The molecule has 1 amide bonds. The summed E-state index contributed by atoms with van der Waals surface area (Å²) in [5, 5.41) is 10.7. The van der Waals surface area contributed by atoms with Crippen LogP contribution in [0.1, 0.15) is 49.4 Å². The molecule has 0 spiro atoms. The summed E-state index contributed by atoms with van der Waals surface area (Å²) >= 11 is 0. The summed E-state index contributed by atoms with van der Waals surface area (Å²) in [5.41, 5.74) is 0.461. The van der Waals surface area contributed by atoms with Crippen molar-refractivity contribution in [3.63, 3.8) is 0 Å². The first-order valence-electron chi connectivity index (χ1n) is 8.70. The lowest BCUT2D eigenvalue weighted by molar-refractivity contribution is -0.384. The summed E-state index contributed by atoms with van der Waals surface area (Å²) < 4.78 is 4.92. The third-order valence-corrected chi connectivity index (χ3v) is 4.53. The highest BCUT2D eigenvalue weighted by Crippen LogP contribution is 2.24. The zero-order valence-electron chi connectivity index (χ0n) is 14.5. The summed E-state index contributed by atoms with van der Waals surface area (Å²) in [6.45, 7) is 3.58. The van der Waals surface area contributed by atoms with Gasteiger partial charge in [-0.2, -0.15) is 0 Å². The quantitative estimate of drug-likeness (QED) is 0.429. The second-order valence-corrected chi connectivity index (χ2v) is 6.24. The number of non-ortho nitro benzene ring substituents is 1. The molecule has 0 N–H and O–H groups in total. The van der Waals surface area contributed by atoms with Gasteiger partial charge in [0, 0.05) is 37.2 Å². The van der Waals surface area contributed by atoms with E-state index in [4.69, 9.17) is 4.74 Å². The van der Waals surface area contributed by atoms with Crippen LogP contribution in [0.4, 0.5) is 5.69 Å². The maximum Gasteiger partial charge on any atom is 0.305 e. The number of carbonyl (C=O) groups is 2. The summed E-state index contributed by atoms with van der Waals surface area (Å²) in [6.07, 6.45) is 4.08. The fourth-order valence-electron chi connectivity index (χ4n) is 3.10. The molecule has 1 aromatic carbocycles. The van der Waals surface area contributed by atoms with Gasteiger partial charge < -0.3 is 9.64 Å². The second-order valence-electron chi connectivity index (χ2n) is 6.24. The molecular formula is C18H24N2O5. The van der Waals surface area contributed by atoms with Gasteiger partial charge in [-0.1, -0.05) is 0 Å². The molecule has 0 aliphatic carbocycles. The fraction of sp³-hybridized carbons (Fsp3) is 0.556. The Bertz CT molecular complexity index is 606. The van der Waals surface area contributed by atoms with Gasteiger partial charge in [0.2, 0.25) is 0 Å². The normalized spacial score (nSPS) is 15.0. The lowest BCUT2D eigenvalue weighted by atomic mass is 9.91. The molecule has 136 valence electrons. The van der Waals surface area contributed by atoms with Crippen LogP contribution in [0.3, 0.4) is 0 Å². The third kappa shape index (κ3) is 5.55. The van der Waals surface area contributed by atoms with Crippen LogP contribution in [-0.2, 0) is 9.53 Å². The van der Waals surface area contributed by atoms with Crippen molar-refractivity contribution in [1.29, 1.82) is 0 Å². The zero-order valence-corrected chi connectivity index (χ0v) is 14.5. The molecule has 0 unspecified atom stereocenters. The van der Waals surface area contributed by atoms with E-state index in [0.29, 0.717) is 37.6 Å². The van der Waals surface area contributed by atoms with E-state index in [2.05, 4.69) is 0 Å². The summed E-state index contributed by atoms with van der Waals surface area (Å²) in [7, 11) is 0. The van der Waals surface area contributed by atoms with E-state index in [1.165, 1.54) is 24.3 Å². The van der Waals surface area contributed by atoms with Crippen molar-refractivity contribution in [3.8, 4) is 0 Å². The van der Waals surface area contributed by atoms with Crippen LogP contribution in [0, 0.1) is 16.0 Å². The van der Waals surface area contributed by atoms with Crippen LogP contribution >= 0.6 is 0 Å². The number of nitro benzene ring substituents is 1. The van der Waals surface area contributed by atoms with Crippen molar-refractivity contribution in [3.05, 3.63) is 39.9 Å². The van der Waals surface area contributed by atoms with Crippen molar-refractivity contribution < 1.29 is 19.2 Å². The number of carbonyl (C=O) groups excluding carboxylic acids is 2. The van der Waals surface area contributed by atoms with E-state index in [1.54, 1.807) is 11.8 Å². The van der Waals surface area contributed by atoms with Crippen LogP contribution in [0.15, 0.2) is 24.3 Å². The van der Waals surface area contributed by atoms with Crippen molar-refractivity contribution in [2.24, 2.45) is 5.92 Å². The minimum absolute atomic E-state index is 0.0168. The minimum Gasteiger partial charge on any atom is -0.466 e. The van der Waals surface area contributed by atoms with Gasteiger partial charge in [-0.3, -0.25) is 19.7 Å². The highest BCUT2D eigenvalue weighted by molar-refractivity contribution is 5.94. The smallest absolute Gasteiger partial charge is 0.305 e. The second kappa shape index (κ2) is 9.15. The first-order chi connectivity index (χ1) is 12.0. The predicted molar refractivity (Wildman–Crippen MR) is 92.2 cm³/mol. The molecule has 1 aliphatic rings. The Labute approximate surface area is 147 Å². The van der Waals surface area contributed by atoms with Gasteiger partial charge >= 0.3 is 5.97 Å². The lowest BCUT2D eigenvalue weighted by Crippen LogP contribution is -2.38. The van der Waals surface area contributed by atoms with Crippen molar-refractivity contribution in [1.82, 2.24) is 4.90 Å². The van der Waals surface area contributed by atoms with E-state index >= 15 is 0 Å². The maximum absolute atomic E-state index is 12.5. The number of likely N-dealkylation sites (tertiary alicyclic amines) is 1. The van der Waals surface area contributed by atoms with Crippen molar-refractivity contribution >= 4 is 17.6 Å². The molecule has 1 heterocycles. The van der Waals surface area contributed by atoms with Crippen molar-refractivity contribution in [2.45, 2.75) is 39.0 Å². The average Bonchev–Trinajstić information content (AvgIpc) is 2.62. The van der Waals surface area contributed by atoms with Gasteiger partial charge in [0.1, 0.15) is 0 Å². The molecule has 1 fully saturated rings. The third-order valence-electron chi connectivity index (χ3n) is 4.53. The van der Waals surface area contributed by atoms with E-state index < -0.39 is 4.92 Å². The Hall–Kier alpha value is -2.44. The van der Waals surface area contributed by atoms with Crippen LogP contribution in [0.25, 0.3) is 0 Å². The molecule has 25 heavy (non-hydrogen) atoms. The molecule has 0 bridgehead atoms. The van der Waals surface area contributed by atoms with Gasteiger partial charge in [-0.15, -0.1) is 0 Å². The zero-order chi connectivity index (χ0) is 18.2. The number of nitrogens with zero attached hydrogens (tertiary/aromatic N) is 2. The Balaban J connectivity index is 1.76. The van der Waals surface area contributed by atoms with Gasteiger partial charge in [0.25, 0.3) is 11.6 Å². The Morgan fingerprint density at radius 1 is 1.24 bits per heavy atom. The summed E-state index contributed by atoms with van der Waals surface area (Å²) in [4.78, 5) is 35.8. The van der Waals surface area contributed by atoms with E-state index in [9.17, 15) is 19.7 Å². The highest BCUT2D eigenvalue weighted by atomic mass is 16.6. The topological polar surface area (TPSA) is 89.8 Å². The molecule has 1 aliphatic heterocycles. The lowest BCUT2D eigenvalue weighted by Gasteiger charge is -2.32. The van der Waals surface area contributed by atoms with Gasteiger partial charge in [0.05, 0.1) is 11.5 Å².